The van der Waals surface area contributed by atoms with Crippen molar-refractivity contribution in [3.63, 3.8) is 0 Å². The van der Waals surface area contributed by atoms with Gasteiger partial charge in [0.1, 0.15) is 0 Å². The van der Waals surface area contributed by atoms with Gasteiger partial charge in [0.25, 0.3) is 0 Å². The summed E-state index contributed by atoms with van der Waals surface area (Å²) in [5, 5.41) is 2.98. The molecule has 2 aliphatic rings. The minimum atomic E-state index is 0.0626. The van der Waals surface area contributed by atoms with Crippen molar-refractivity contribution in [3.05, 3.63) is 30.3 Å². The number of nitrogens with zero attached hydrogens (tertiary/aromatic N) is 2. The van der Waals surface area contributed by atoms with E-state index in [1.54, 1.807) is 0 Å². The molecule has 142 valence electrons. The van der Waals surface area contributed by atoms with Gasteiger partial charge in [0.15, 0.2) is 0 Å². The number of carbonyl (C=O) groups is 2. The normalized spacial score (nSPS) is 23.6. The van der Waals surface area contributed by atoms with E-state index < -0.39 is 0 Å². The van der Waals surface area contributed by atoms with Gasteiger partial charge >= 0.3 is 6.03 Å². The number of rotatable bonds is 4. The van der Waals surface area contributed by atoms with Crippen LogP contribution in [0.2, 0.25) is 0 Å². The molecule has 6 nitrogen and oxygen atoms in total. The van der Waals surface area contributed by atoms with Gasteiger partial charge in [-0.25, -0.2) is 4.79 Å². The Labute approximate surface area is 155 Å². The van der Waals surface area contributed by atoms with E-state index >= 15 is 0 Å². The van der Waals surface area contributed by atoms with E-state index in [1.165, 1.54) is 0 Å². The smallest absolute Gasteiger partial charge is 0.320 e. The summed E-state index contributed by atoms with van der Waals surface area (Å²) in [6.45, 7) is 6.23. The van der Waals surface area contributed by atoms with E-state index in [-0.39, 0.29) is 11.9 Å². The molecule has 0 aliphatic carbocycles. The fourth-order valence-corrected chi connectivity index (χ4v) is 3.91. The molecule has 0 bridgehead atoms. The lowest BCUT2D eigenvalue weighted by Gasteiger charge is -2.41. The molecule has 0 saturated carbocycles. The molecule has 1 aromatic carbocycles. The van der Waals surface area contributed by atoms with Crippen LogP contribution in [-0.4, -0.2) is 61.1 Å². The zero-order chi connectivity index (χ0) is 18.4. The summed E-state index contributed by atoms with van der Waals surface area (Å²) in [6.07, 6.45) is 2.39. The van der Waals surface area contributed by atoms with Crippen molar-refractivity contribution in [1.29, 1.82) is 0 Å². The van der Waals surface area contributed by atoms with Gasteiger partial charge in [-0.3, -0.25) is 4.79 Å². The topological polar surface area (TPSA) is 61.9 Å². The van der Waals surface area contributed by atoms with Gasteiger partial charge in [-0.1, -0.05) is 31.5 Å². The maximum Gasteiger partial charge on any atom is 0.320 e. The van der Waals surface area contributed by atoms with Crippen molar-refractivity contribution in [2.24, 2.45) is 11.8 Å². The summed E-state index contributed by atoms with van der Waals surface area (Å²) >= 11 is 0. The number of ether oxygens (including phenoxy) is 1. The Hall–Kier alpha value is -2.08. The number of morpholine rings is 1. The molecule has 2 unspecified atom stereocenters. The summed E-state index contributed by atoms with van der Waals surface area (Å²) < 4.78 is 5.33. The van der Waals surface area contributed by atoms with Crippen LogP contribution >= 0.6 is 0 Å². The van der Waals surface area contributed by atoms with Gasteiger partial charge in [-0.15, -0.1) is 0 Å². The number of anilines is 1. The van der Waals surface area contributed by atoms with E-state index in [1.807, 2.05) is 40.1 Å². The molecule has 2 fully saturated rings. The SMILES string of the molecule is CCC1CN(C(=O)N2CCOCC2)CCC1CC(=O)Nc1ccccc1. The van der Waals surface area contributed by atoms with Crippen LogP contribution in [0.4, 0.5) is 10.5 Å². The number of hydrogen-bond donors (Lipinski definition) is 1. The number of benzene rings is 1. The molecule has 6 heteroatoms. The molecular weight excluding hydrogens is 330 g/mol. The van der Waals surface area contributed by atoms with E-state index in [2.05, 4.69) is 12.2 Å². The summed E-state index contributed by atoms with van der Waals surface area (Å²) in [7, 11) is 0. The number of hydrogen-bond acceptors (Lipinski definition) is 3. The molecule has 1 aromatic rings. The van der Waals surface area contributed by atoms with Crippen molar-refractivity contribution in [1.82, 2.24) is 9.80 Å². The quantitative estimate of drug-likeness (QED) is 0.899. The highest BCUT2D eigenvalue weighted by atomic mass is 16.5. The second-order valence-electron chi connectivity index (χ2n) is 7.16. The monoisotopic (exact) mass is 359 g/mol. The largest absolute Gasteiger partial charge is 0.378 e. The third kappa shape index (κ3) is 4.75. The Morgan fingerprint density at radius 2 is 1.81 bits per heavy atom. The minimum Gasteiger partial charge on any atom is -0.378 e. The second-order valence-corrected chi connectivity index (χ2v) is 7.16. The molecule has 26 heavy (non-hydrogen) atoms. The zero-order valence-corrected chi connectivity index (χ0v) is 15.5. The maximum absolute atomic E-state index is 12.7. The highest BCUT2D eigenvalue weighted by Gasteiger charge is 2.33. The van der Waals surface area contributed by atoms with Crippen LogP contribution in [0.5, 0.6) is 0 Å². The first-order valence-corrected chi connectivity index (χ1v) is 9.64. The highest BCUT2D eigenvalue weighted by molar-refractivity contribution is 5.90. The molecular formula is C20H29N3O3. The molecule has 2 heterocycles. The third-order valence-electron chi connectivity index (χ3n) is 5.47. The van der Waals surface area contributed by atoms with Crippen LogP contribution in [0.1, 0.15) is 26.2 Å². The number of piperidine rings is 1. The van der Waals surface area contributed by atoms with Gasteiger partial charge in [-0.2, -0.15) is 0 Å². The molecule has 0 spiro atoms. The second kappa shape index (κ2) is 9.03. The highest BCUT2D eigenvalue weighted by Crippen LogP contribution is 2.30. The lowest BCUT2D eigenvalue weighted by molar-refractivity contribution is -0.117. The molecule has 2 atom stereocenters. The number of likely N-dealkylation sites (tertiary alicyclic amines) is 1. The predicted molar refractivity (Wildman–Crippen MR) is 101 cm³/mol. The van der Waals surface area contributed by atoms with E-state index in [0.717, 1.165) is 31.6 Å². The predicted octanol–water partition coefficient (Wildman–Crippen LogP) is 2.82. The van der Waals surface area contributed by atoms with E-state index in [9.17, 15) is 9.59 Å². The van der Waals surface area contributed by atoms with Gasteiger partial charge in [0.05, 0.1) is 13.2 Å². The Morgan fingerprint density at radius 3 is 2.50 bits per heavy atom. The van der Waals surface area contributed by atoms with Crippen LogP contribution in [0, 0.1) is 11.8 Å². The van der Waals surface area contributed by atoms with Crippen molar-refractivity contribution in [2.75, 3.05) is 44.7 Å². The molecule has 1 N–H and O–H groups in total. The Bertz CT molecular complexity index is 602. The van der Waals surface area contributed by atoms with Gasteiger partial charge < -0.3 is 19.9 Å². The number of urea groups is 1. The van der Waals surface area contributed by atoms with Crippen LogP contribution in [0.3, 0.4) is 0 Å². The fraction of sp³-hybridized carbons (Fsp3) is 0.600. The summed E-state index contributed by atoms with van der Waals surface area (Å²) in [4.78, 5) is 28.9. The van der Waals surface area contributed by atoms with E-state index in [0.29, 0.717) is 44.6 Å². The molecule has 0 aromatic heterocycles. The number of carbonyl (C=O) groups excluding carboxylic acids is 2. The first kappa shape index (κ1) is 18.7. The Morgan fingerprint density at radius 1 is 1.08 bits per heavy atom. The first-order chi connectivity index (χ1) is 12.7. The minimum absolute atomic E-state index is 0.0626. The van der Waals surface area contributed by atoms with Crippen molar-refractivity contribution in [3.8, 4) is 0 Å². The van der Waals surface area contributed by atoms with E-state index in [4.69, 9.17) is 4.74 Å². The van der Waals surface area contributed by atoms with Crippen molar-refractivity contribution < 1.29 is 14.3 Å². The fourth-order valence-electron chi connectivity index (χ4n) is 3.91. The number of para-hydroxylation sites is 1. The maximum atomic E-state index is 12.7. The first-order valence-electron chi connectivity index (χ1n) is 9.64. The number of amides is 3. The lowest BCUT2D eigenvalue weighted by Crippen LogP contribution is -2.52. The van der Waals surface area contributed by atoms with Crippen molar-refractivity contribution >= 4 is 17.6 Å². The Kier molecular flexibility index (Phi) is 6.50. The van der Waals surface area contributed by atoms with Gasteiger partial charge in [-0.05, 0) is 30.4 Å². The molecule has 0 radical (unpaired) electrons. The van der Waals surface area contributed by atoms with Crippen LogP contribution in [-0.2, 0) is 9.53 Å². The molecule has 3 rings (SSSR count). The Balaban J connectivity index is 1.52. The summed E-state index contributed by atoms with van der Waals surface area (Å²) in [6, 6.07) is 9.70. The summed E-state index contributed by atoms with van der Waals surface area (Å²) in [5.41, 5.74) is 0.838. The average molecular weight is 359 g/mol. The van der Waals surface area contributed by atoms with Crippen LogP contribution in [0.25, 0.3) is 0 Å². The third-order valence-corrected chi connectivity index (χ3v) is 5.47. The zero-order valence-electron chi connectivity index (χ0n) is 15.5. The van der Waals surface area contributed by atoms with Crippen LogP contribution in [0.15, 0.2) is 30.3 Å². The average Bonchev–Trinajstić information content (AvgIpc) is 2.69. The van der Waals surface area contributed by atoms with Gasteiger partial charge in [0, 0.05) is 38.3 Å². The van der Waals surface area contributed by atoms with Crippen LogP contribution < -0.4 is 5.32 Å². The molecule has 2 aliphatic heterocycles. The summed E-state index contributed by atoms with van der Waals surface area (Å²) in [5.74, 6) is 0.764. The molecule has 2 saturated heterocycles. The number of nitrogens with one attached hydrogen (secondary N) is 1. The standard InChI is InChI=1S/C20H29N3O3/c1-2-16-15-23(20(25)22-10-12-26-13-11-22)9-8-17(16)14-19(24)21-18-6-4-3-5-7-18/h3-7,16-17H,2,8-15H2,1H3,(H,21,24). The van der Waals surface area contributed by atoms with Gasteiger partial charge in [0.2, 0.25) is 5.91 Å². The lowest BCUT2D eigenvalue weighted by atomic mass is 9.81. The molecule has 3 amide bonds. The van der Waals surface area contributed by atoms with Crippen molar-refractivity contribution in [2.45, 2.75) is 26.2 Å².